The molecule has 1 fully saturated rings. The molecule has 2 N–H and O–H groups in total. The quantitative estimate of drug-likeness (QED) is 0.589. The van der Waals surface area contributed by atoms with Crippen molar-refractivity contribution in [2.45, 2.75) is 25.2 Å². The molecule has 0 saturated heterocycles. The third-order valence-electron chi connectivity index (χ3n) is 4.59. The van der Waals surface area contributed by atoms with Crippen LogP contribution in [0.25, 0.3) is 11.1 Å². The molecule has 1 aliphatic rings. The molecule has 3 heterocycles. The van der Waals surface area contributed by atoms with Crippen molar-refractivity contribution < 1.29 is 4.79 Å². The normalized spacial score (nSPS) is 13.1. The Balaban J connectivity index is 1.31. The van der Waals surface area contributed by atoms with Crippen molar-refractivity contribution in [2.75, 3.05) is 18.4 Å². The maximum atomic E-state index is 12.0. The van der Waals surface area contributed by atoms with Gasteiger partial charge in [0.05, 0.1) is 5.69 Å². The lowest BCUT2D eigenvalue weighted by molar-refractivity contribution is 0.0948. The Morgan fingerprint density at radius 1 is 1.04 bits per heavy atom. The molecule has 0 atom stereocenters. The lowest BCUT2D eigenvalue weighted by atomic mass is 10.0. The van der Waals surface area contributed by atoms with Crippen LogP contribution in [0.5, 0.6) is 0 Å². The molecular weight excluding hydrogens is 352 g/mol. The topological polar surface area (TPSA) is 92.7 Å². The van der Waals surface area contributed by atoms with Gasteiger partial charge in [0, 0.05) is 49.4 Å². The van der Waals surface area contributed by atoms with Crippen LogP contribution < -0.4 is 10.6 Å². The molecule has 4 rings (SSSR count). The molecule has 142 valence electrons. The number of hydrogen-bond acceptors (Lipinski definition) is 6. The number of rotatable bonds is 8. The molecule has 1 saturated carbocycles. The van der Waals surface area contributed by atoms with Gasteiger partial charge in [0.2, 0.25) is 5.95 Å². The molecule has 0 spiro atoms. The summed E-state index contributed by atoms with van der Waals surface area (Å²) in [7, 11) is 0. The van der Waals surface area contributed by atoms with Crippen LogP contribution in [-0.4, -0.2) is 38.9 Å². The van der Waals surface area contributed by atoms with Gasteiger partial charge in [-0.15, -0.1) is 0 Å². The summed E-state index contributed by atoms with van der Waals surface area (Å²) in [6.45, 7) is 1.24. The fourth-order valence-corrected chi connectivity index (χ4v) is 2.98. The van der Waals surface area contributed by atoms with Crippen LogP contribution in [0.1, 0.15) is 41.4 Å². The second-order valence-electron chi connectivity index (χ2n) is 6.75. The number of nitrogens with zero attached hydrogens (tertiary/aromatic N) is 4. The Kier molecular flexibility index (Phi) is 5.51. The molecule has 28 heavy (non-hydrogen) atoms. The minimum Gasteiger partial charge on any atom is -0.354 e. The number of carbonyl (C=O) groups is 1. The highest BCUT2D eigenvalue weighted by molar-refractivity contribution is 5.92. The SMILES string of the molecule is O=C(NCCCNc1ncc(-c2ccncc2)c(C2CC2)n1)c1ccccn1. The van der Waals surface area contributed by atoms with E-state index in [2.05, 4.69) is 25.6 Å². The van der Waals surface area contributed by atoms with Crippen molar-refractivity contribution in [2.24, 2.45) is 0 Å². The number of aromatic nitrogens is 4. The van der Waals surface area contributed by atoms with E-state index < -0.39 is 0 Å². The van der Waals surface area contributed by atoms with E-state index in [1.807, 2.05) is 18.3 Å². The molecular formula is C21H22N6O. The summed E-state index contributed by atoms with van der Waals surface area (Å²) in [5, 5.41) is 6.13. The van der Waals surface area contributed by atoms with Crippen molar-refractivity contribution in [3.63, 3.8) is 0 Å². The van der Waals surface area contributed by atoms with E-state index in [9.17, 15) is 4.79 Å². The van der Waals surface area contributed by atoms with E-state index in [4.69, 9.17) is 4.98 Å². The molecule has 3 aromatic rings. The first kappa shape index (κ1) is 18.0. The van der Waals surface area contributed by atoms with Gasteiger partial charge < -0.3 is 10.6 Å². The van der Waals surface area contributed by atoms with Crippen LogP contribution in [-0.2, 0) is 0 Å². The summed E-state index contributed by atoms with van der Waals surface area (Å²) in [4.78, 5) is 29.3. The fourth-order valence-electron chi connectivity index (χ4n) is 2.98. The predicted octanol–water partition coefficient (Wildman–Crippen LogP) is 3.04. The third kappa shape index (κ3) is 4.49. The first-order valence-corrected chi connectivity index (χ1v) is 9.51. The Hall–Kier alpha value is -3.35. The first-order valence-electron chi connectivity index (χ1n) is 9.51. The molecule has 0 aliphatic heterocycles. The third-order valence-corrected chi connectivity index (χ3v) is 4.59. The van der Waals surface area contributed by atoms with Gasteiger partial charge in [-0.05, 0) is 49.1 Å². The fraction of sp³-hybridized carbons (Fsp3) is 0.286. The predicted molar refractivity (Wildman–Crippen MR) is 107 cm³/mol. The number of nitrogens with one attached hydrogen (secondary N) is 2. The molecule has 0 unspecified atom stereocenters. The van der Waals surface area contributed by atoms with Crippen LogP contribution in [0.15, 0.2) is 55.1 Å². The van der Waals surface area contributed by atoms with Crippen LogP contribution in [0.2, 0.25) is 0 Å². The van der Waals surface area contributed by atoms with Gasteiger partial charge in [0.15, 0.2) is 0 Å². The van der Waals surface area contributed by atoms with Crippen LogP contribution in [0.4, 0.5) is 5.95 Å². The molecule has 1 amide bonds. The van der Waals surface area contributed by atoms with E-state index in [-0.39, 0.29) is 5.91 Å². The van der Waals surface area contributed by atoms with Gasteiger partial charge in [-0.1, -0.05) is 6.07 Å². The van der Waals surface area contributed by atoms with E-state index in [0.29, 0.717) is 30.6 Å². The number of pyridine rings is 2. The van der Waals surface area contributed by atoms with Gasteiger partial charge in [-0.3, -0.25) is 14.8 Å². The zero-order valence-corrected chi connectivity index (χ0v) is 15.5. The average Bonchev–Trinajstić information content (AvgIpc) is 3.60. The van der Waals surface area contributed by atoms with Crippen molar-refractivity contribution in [3.8, 4) is 11.1 Å². The lowest BCUT2D eigenvalue weighted by Gasteiger charge is -2.11. The van der Waals surface area contributed by atoms with Gasteiger partial charge in [0.25, 0.3) is 5.91 Å². The molecule has 0 bridgehead atoms. The van der Waals surface area contributed by atoms with Crippen molar-refractivity contribution in [3.05, 3.63) is 66.5 Å². The smallest absolute Gasteiger partial charge is 0.269 e. The van der Waals surface area contributed by atoms with Crippen LogP contribution >= 0.6 is 0 Å². The highest BCUT2D eigenvalue weighted by Crippen LogP contribution is 2.43. The van der Waals surface area contributed by atoms with Crippen LogP contribution in [0.3, 0.4) is 0 Å². The highest BCUT2D eigenvalue weighted by atomic mass is 16.1. The number of anilines is 1. The van der Waals surface area contributed by atoms with Gasteiger partial charge in [-0.2, -0.15) is 0 Å². The standard InChI is InChI=1S/C21H22N6O/c28-20(18-4-1-2-9-23-18)24-10-3-11-25-21-26-14-17(15-7-12-22-13-8-15)19(27-21)16-5-6-16/h1-2,4,7-9,12-14,16H,3,5-6,10-11H2,(H,24,28)(H,25,26,27). The van der Waals surface area contributed by atoms with Crippen molar-refractivity contribution >= 4 is 11.9 Å². The summed E-state index contributed by atoms with van der Waals surface area (Å²) in [6, 6.07) is 9.26. The summed E-state index contributed by atoms with van der Waals surface area (Å²) < 4.78 is 0. The van der Waals surface area contributed by atoms with E-state index in [1.165, 1.54) is 12.8 Å². The van der Waals surface area contributed by atoms with E-state index >= 15 is 0 Å². The maximum absolute atomic E-state index is 12.0. The maximum Gasteiger partial charge on any atom is 0.269 e. The van der Waals surface area contributed by atoms with E-state index in [0.717, 1.165) is 23.2 Å². The van der Waals surface area contributed by atoms with Gasteiger partial charge in [0.1, 0.15) is 5.69 Å². The number of carbonyl (C=O) groups excluding carboxylic acids is 1. The largest absolute Gasteiger partial charge is 0.354 e. The summed E-state index contributed by atoms with van der Waals surface area (Å²) >= 11 is 0. The second kappa shape index (κ2) is 8.56. The summed E-state index contributed by atoms with van der Waals surface area (Å²) in [6.07, 6.45) is 10.2. The summed E-state index contributed by atoms with van der Waals surface area (Å²) in [5.41, 5.74) is 3.71. The Bertz CT molecular complexity index is 928. The van der Waals surface area contributed by atoms with E-state index in [1.54, 1.807) is 36.8 Å². The Labute approximate surface area is 163 Å². The molecule has 7 nitrogen and oxygen atoms in total. The molecule has 0 aromatic carbocycles. The molecule has 0 radical (unpaired) electrons. The minimum atomic E-state index is -0.158. The second-order valence-corrected chi connectivity index (χ2v) is 6.75. The molecule has 1 aliphatic carbocycles. The molecule has 3 aromatic heterocycles. The average molecular weight is 374 g/mol. The zero-order chi connectivity index (χ0) is 19.2. The monoisotopic (exact) mass is 374 g/mol. The van der Waals surface area contributed by atoms with Crippen molar-refractivity contribution in [1.29, 1.82) is 0 Å². The zero-order valence-electron chi connectivity index (χ0n) is 15.5. The number of hydrogen-bond donors (Lipinski definition) is 2. The minimum absolute atomic E-state index is 0.158. The summed E-state index contributed by atoms with van der Waals surface area (Å²) in [5.74, 6) is 0.995. The first-order chi connectivity index (χ1) is 13.8. The van der Waals surface area contributed by atoms with Gasteiger partial charge in [-0.25, -0.2) is 9.97 Å². The number of amides is 1. The Morgan fingerprint density at radius 2 is 1.89 bits per heavy atom. The lowest BCUT2D eigenvalue weighted by Crippen LogP contribution is -2.26. The van der Waals surface area contributed by atoms with Gasteiger partial charge >= 0.3 is 0 Å². The Morgan fingerprint density at radius 3 is 2.64 bits per heavy atom. The highest BCUT2D eigenvalue weighted by Gasteiger charge is 2.28. The molecule has 7 heteroatoms. The van der Waals surface area contributed by atoms with Crippen molar-refractivity contribution in [1.82, 2.24) is 25.3 Å². The van der Waals surface area contributed by atoms with Crippen LogP contribution in [0, 0.1) is 0 Å².